The second-order valence-electron chi connectivity index (χ2n) is 8.10. The van der Waals surface area contributed by atoms with Crippen LogP contribution in [-0.4, -0.2) is 57.6 Å². The molecule has 2 aromatic carbocycles. The normalized spacial score (nSPS) is 20.9. The van der Waals surface area contributed by atoms with Crippen molar-refractivity contribution in [1.29, 1.82) is 0 Å². The number of ether oxygens (including phenoxy) is 1. The van der Waals surface area contributed by atoms with Crippen LogP contribution in [0.5, 0.6) is 10.9 Å². The van der Waals surface area contributed by atoms with Crippen LogP contribution in [0, 0.1) is 0 Å². The lowest BCUT2D eigenvalue weighted by atomic mass is 10.0. The van der Waals surface area contributed by atoms with Gasteiger partial charge in [-0.25, -0.2) is 4.98 Å². The standard InChI is InChI=1S/C23H25N3O3S/c27-18-13-22(28)26(15-18)17-9-11-25(12-10-17)14-16-5-7-19(8-6-16)29-23-24-20-3-1-2-4-21(20)30-23/h1-8,17-18,27H,9-15H2. The summed E-state index contributed by atoms with van der Waals surface area (Å²) in [4.78, 5) is 20.8. The van der Waals surface area contributed by atoms with Gasteiger partial charge in [-0.15, -0.1) is 0 Å². The third kappa shape index (κ3) is 4.19. The number of hydrogen-bond acceptors (Lipinski definition) is 6. The summed E-state index contributed by atoms with van der Waals surface area (Å²) in [6, 6.07) is 16.5. The Labute approximate surface area is 179 Å². The monoisotopic (exact) mass is 423 g/mol. The van der Waals surface area contributed by atoms with Crippen molar-refractivity contribution >= 4 is 27.5 Å². The number of aromatic nitrogens is 1. The lowest BCUT2D eigenvalue weighted by Gasteiger charge is -2.36. The molecule has 2 aliphatic heterocycles. The highest BCUT2D eigenvalue weighted by Crippen LogP contribution is 2.31. The van der Waals surface area contributed by atoms with Crippen LogP contribution in [-0.2, 0) is 11.3 Å². The van der Waals surface area contributed by atoms with Crippen molar-refractivity contribution in [2.24, 2.45) is 0 Å². The van der Waals surface area contributed by atoms with Crippen molar-refractivity contribution < 1.29 is 14.6 Å². The number of fused-ring (bicyclic) bond motifs is 1. The zero-order valence-electron chi connectivity index (χ0n) is 16.7. The number of β-amino-alcohol motifs (C(OH)–C–C–N with tert-alkyl or cyclic N) is 1. The van der Waals surface area contributed by atoms with Gasteiger partial charge in [0.1, 0.15) is 5.75 Å². The van der Waals surface area contributed by atoms with Gasteiger partial charge in [0, 0.05) is 32.2 Å². The van der Waals surface area contributed by atoms with Crippen LogP contribution in [0.3, 0.4) is 0 Å². The number of piperidine rings is 1. The van der Waals surface area contributed by atoms with Crippen LogP contribution < -0.4 is 4.74 Å². The molecule has 3 heterocycles. The summed E-state index contributed by atoms with van der Waals surface area (Å²) in [5, 5.41) is 10.4. The third-order valence-corrected chi connectivity index (χ3v) is 6.86. The molecule has 2 saturated heterocycles. The molecule has 3 aromatic rings. The van der Waals surface area contributed by atoms with Gasteiger partial charge in [-0.1, -0.05) is 35.6 Å². The number of benzene rings is 2. The first-order valence-corrected chi connectivity index (χ1v) is 11.3. The van der Waals surface area contributed by atoms with Crippen molar-refractivity contribution in [3.63, 3.8) is 0 Å². The number of carbonyl (C=O) groups excluding carboxylic acids is 1. The number of aliphatic hydroxyl groups is 1. The highest BCUT2D eigenvalue weighted by molar-refractivity contribution is 7.20. The molecule has 5 rings (SSSR count). The van der Waals surface area contributed by atoms with E-state index >= 15 is 0 Å². The summed E-state index contributed by atoms with van der Waals surface area (Å²) in [6.45, 7) is 3.33. The van der Waals surface area contributed by atoms with Gasteiger partial charge < -0.3 is 14.7 Å². The molecule has 1 N–H and O–H groups in total. The summed E-state index contributed by atoms with van der Waals surface area (Å²) in [6.07, 6.45) is 1.74. The van der Waals surface area contributed by atoms with Gasteiger partial charge in [0.2, 0.25) is 5.91 Å². The summed E-state index contributed by atoms with van der Waals surface area (Å²) < 4.78 is 7.06. The van der Waals surface area contributed by atoms with E-state index in [9.17, 15) is 9.90 Å². The number of thiazole rings is 1. The smallest absolute Gasteiger partial charge is 0.279 e. The zero-order valence-corrected chi connectivity index (χ0v) is 17.6. The number of amides is 1. The second kappa shape index (κ2) is 8.34. The fraction of sp³-hybridized carbons (Fsp3) is 0.391. The number of hydrogen-bond donors (Lipinski definition) is 1. The van der Waals surface area contributed by atoms with Gasteiger partial charge in [-0.2, -0.15) is 0 Å². The predicted octanol–water partition coefficient (Wildman–Crippen LogP) is 3.65. The molecule has 0 spiro atoms. The highest BCUT2D eigenvalue weighted by atomic mass is 32.1. The molecule has 6 nitrogen and oxygen atoms in total. The molecule has 156 valence electrons. The van der Waals surface area contributed by atoms with E-state index in [0.29, 0.717) is 11.7 Å². The highest BCUT2D eigenvalue weighted by Gasteiger charge is 2.34. The molecule has 0 radical (unpaired) electrons. The molecule has 0 aliphatic carbocycles. The van der Waals surface area contributed by atoms with Crippen LogP contribution in [0.2, 0.25) is 0 Å². The van der Waals surface area contributed by atoms with Crippen molar-refractivity contribution in [3.8, 4) is 10.9 Å². The van der Waals surface area contributed by atoms with Gasteiger partial charge >= 0.3 is 0 Å². The maximum Gasteiger partial charge on any atom is 0.279 e. The van der Waals surface area contributed by atoms with E-state index in [1.54, 1.807) is 11.3 Å². The first-order valence-electron chi connectivity index (χ1n) is 10.5. The largest absolute Gasteiger partial charge is 0.431 e. The summed E-state index contributed by atoms with van der Waals surface area (Å²) in [7, 11) is 0. The molecule has 2 aliphatic rings. The molecule has 7 heteroatoms. The fourth-order valence-electron chi connectivity index (χ4n) is 4.37. The third-order valence-electron chi connectivity index (χ3n) is 5.94. The topological polar surface area (TPSA) is 65.9 Å². The maximum absolute atomic E-state index is 12.0. The van der Waals surface area contributed by atoms with E-state index < -0.39 is 6.10 Å². The predicted molar refractivity (Wildman–Crippen MR) is 117 cm³/mol. The van der Waals surface area contributed by atoms with E-state index in [2.05, 4.69) is 22.0 Å². The van der Waals surface area contributed by atoms with Crippen LogP contribution >= 0.6 is 11.3 Å². The molecule has 30 heavy (non-hydrogen) atoms. The quantitative estimate of drug-likeness (QED) is 0.679. The van der Waals surface area contributed by atoms with Gasteiger partial charge in [-0.05, 0) is 42.7 Å². The SMILES string of the molecule is O=C1CC(O)CN1C1CCN(Cc2ccc(Oc3nc4ccccc4s3)cc2)CC1. The first-order chi connectivity index (χ1) is 14.6. The Morgan fingerprint density at radius 3 is 2.57 bits per heavy atom. The molecule has 1 amide bonds. The average Bonchev–Trinajstić information content (AvgIpc) is 3.31. The van der Waals surface area contributed by atoms with E-state index in [1.165, 1.54) is 5.56 Å². The Kier molecular flexibility index (Phi) is 5.41. The minimum absolute atomic E-state index is 0.102. The average molecular weight is 424 g/mol. The number of likely N-dealkylation sites (tertiary alicyclic amines) is 2. The number of aliphatic hydroxyl groups excluding tert-OH is 1. The van der Waals surface area contributed by atoms with Crippen LogP contribution in [0.15, 0.2) is 48.5 Å². The number of rotatable bonds is 5. The summed E-state index contributed by atoms with van der Waals surface area (Å²) in [5.74, 6) is 0.896. The van der Waals surface area contributed by atoms with Gasteiger partial charge in [0.25, 0.3) is 5.19 Å². The zero-order chi connectivity index (χ0) is 20.5. The molecule has 2 fully saturated rings. The molecular formula is C23H25N3O3S. The van der Waals surface area contributed by atoms with Gasteiger partial charge in [0.05, 0.1) is 22.7 Å². The van der Waals surface area contributed by atoms with Crippen molar-refractivity contribution in [2.45, 2.75) is 38.0 Å². The Balaban J connectivity index is 1.14. The summed E-state index contributed by atoms with van der Waals surface area (Å²) >= 11 is 1.55. The molecule has 1 aromatic heterocycles. The fourth-order valence-corrected chi connectivity index (χ4v) is 5.21. The first kappa shape index (κ1) is 19.5. The minimum Gasteiger partial charge on any atom is -0.431 e. The van der Waals surface area contributed by atoms with Crippen molar-refractivity contribution in [1.82, 2.24) is 14.8 Å². The van der Waals surface area contributed by atoms with E-state index in [0.717, 1.165) is 48.4 Å². The molecule has 0 bridgehead atoms. The van der Waals surface area contributed by atoms with Crippen LogP contribution in [0.1, 0.15) is 24.8 Å². The van der Waals surface area contributed by atoms with Gasteiger partial charge in [-0.3, -0.25) is 9.69 Å². The Bertz CT molecular complexity index is 995. The Morgan fingerprint density at radius 2 is 1.87 bits per heavy atom. The maximum atomic E-state index is 12.0. The molecular weight excluding hydrogens is 398 g/mol. The lowest BCUT2D eigenvalue weighted by Crippen LogP contribution is -2.45. The van der Waals surface area contributed by atoms with Gasteiger partial charge in [0.15, 0.2) is 0 Å². The number of carbonyl (C=O) groups is 1. The minimum atomic E-state index is -0.487. The van der Waals surface area contributed by atoms with Crippen molar-refractivity contribution in [2.75, 3.05) is 19.6 Å². The molecule has 1 unspecified atom stereocenters. The molecule has 0 saturated carbocycles. The number of para-hydroxylation sites is 1. The number of nitrogens with zero attached hydrogens (tertiary/aromatic N) is 3. The Morgan fingerprint density at radius 1 is 1.10 bits per heavy atom. The van der Waals surface area contributed by atoms with E-state index in [1.807, 2.05) is 41.3 Å². The lowest BCUT2D eigenvalue weighted by molar-refractivity contribution is -0.130. The van der Waals surface area contributed by atoms with Crippen LogP contribution in [0.4, 0.5) is 0 Å². The van der Waals surface area contributed by atoms with Crippen LogP contribution in [0.25, 0.3) is 10.2 Å². The van der Waals surface area contributed by atoms with Crippen molar-refractivity contribution in [3.05, 3.63) is 54.1 Å². The van der Waals surface area contributed by atoms with E-state index in [-0.39, 0.29) is 18.4 Å². The van der Waals surface area contributed by atoms with E-state index in [4.69, 9.17) is 4.74 Å². The second-order valence-corrected chi connectivity index (χ2v) is 9.10. The molecule has 1 atom stereocenters. The summed E-state index contributed by atoms with van der Waals surface area (Å²) in [5.41, 5.74) is 2.21. The Hall–Kier alpha value is -2.48.